The topological polar surface area (TPSA) is 12.0 Å². The molecule has 1 nitrogen and oxygen atoms in total. The van der Waals surface area contributed by atoms with Crippen LogP contribution in [0.5, 0.6) is 0 Å². The minimum absolute atomic E-state index is 0.699. The number of hydrogen-bond acceptors (Lipinski definition) is 1. The summed E-state index contributed by atoms with van der Waals surface area (Å²) in [6.07, 6.45) is 0. The second kappa shape index (κ2) is 3.51. The summed E-state index contributed by atoms with van der Waals surface area (Å²) in [7, 11) is 0. The molecule has 0 fully saturated rings. The van der Waals surface area contributed by atoms with Gasteiger partial charge >= 0.3 is 0 Å². The first kappa shape index (κ1) is 8.76. The quantitative estimate of drug-likeness (QED) is 0.691. The van der Waals surface area contributed by atoms with Crippen LogP contribution in [0.4, 0.5) is 0 Å². The molecule has 0 bridgehead atoms. The maximum Gasteiger partial charge on any atom is 0.0208 e. The summed E-state index contributed by atoms with van der Waals surface area (Å²) in [6.45, 7) is 6.77. The van der Waals surface area contributed by atoms with Crippen molar-refractivity contribution in [2.24, 2.45) is 5.92 Å². The molecule has 0 unspecified atom stereocenters. The molecule has 0 saturated heterocycles. The van der Waals surface area contributed by atoms with Gasteiger partial charge in [0.25, 0.3) is 0 Å². The molecule has 1 aliphatic heterocycles. The average Bonchev–Trinajstić information content (AvgIpc) is 2.17. The van der Waals surface area contributed by atoms with E-state index >= 15 is 0 Å². The van der Waals surface area contributed by atoms with Crippen LogP contribution in [0.2, 0.25) is 0 Å². The van der Waals surface area contributed by atoms with E-state index in [9.17, 15) is 0 Å². The van der Waals surface area contributed by atoms with Crippen LogP contribution >= 0.6 is 0 Å². The normalized spacial score (nSPS) is 21.6. The highest BCUT2D eigenvalue weighted by Gasteiger charge is 2.21. The highest BCUT2D eigenvalue weighted by Crippen LogP contribution is 2.29. The first-order valence-electron chi connectivity index (χ1n) is 5.07. The molecule has 0 radical (unpaired) electrons. The molecule has 1 N–H and O–H groups in total. The van der Waals surface area contributed by atoms with Gasteiger partial charge < -0.3 is 5.32 Å². The first-order valence-corrected chi connectivity index (χ1v) is 5.07. The van der Waals surface area contributed by atoms with Gasteiger partial charge in [0.2, 0.25) is 0 Å². The summed E-state index contributed by atoms with van der Waals surface area (Å²) in [5, 5.41) is 3.47. The number of fused-ring (bicyclic) bond motifs is 1. The van der Waals surface area contributed by atoms with Gasteiger partial charge in [0.15, 0.2) is 0 Å². The van der Waals surface area contributed by atoms with E-state index in [1.807, 2.05) is 0 Å². The van der Waals surface area contributed by atoms with Crippen molar-refractivity contribution in [3.05, 3.63) is 35.4 Å². The summed E-state index contributed by atoms with van der Waals surface area (Å²) in [5.74, 6) is 1.43. The van der Waals surface area contributed by atoms with E-state index in [-0.39, 0.29) is 0 Å². The predicted molar refractivity (Wildman–Crippen MR) is 55.7 cm³/mol. The Balaban J connectivity index is 2.37. The molecule has 0 saturated carbocycles. The van der Waals surface area contributed by atoms with Gasteiger partial charge in [-0.05, 0) is 23.0 Å². The van der Waals surface area contributed by atoms with Gasteiger partial charge in [-0.3, -0.25) is 0 Å². The molecule has 0 amide bonds. The summed E-state index contributed by atoms with van der Waals surface area (Å²) in [5.41, 5.74) is 3.03. The lowest BCUT2D eigenvalue weighted by atomic mass is 9.83. The third kappa shape index (κ3) is 1.61. The molecule has 1 heteroatoms. The van der Waals surface area contributed by atoms with Crippen LogP contribution in [0, 0.1) is 5.92 Å². The van der Waals surface area contributed by atoms with Crippen LogP contribution in [-0.2, 0) is 6.54 Å². The third-order valence-electron chi connectivity index (χ3n) is 2.94. The Morgan fingerprint density at radius 2 is 2.08 bits per heavy atom. The minimum atomic E-state index is 0.699. The summed E-state index contributed by atoms with van der Waals surface area (Å²) < 4.78 is 0. The molecule has 70 valence electrons. The van der Waals surface area contributed by atoms with Gasteiger partial charge in [-0.15, -0.1) is 0 Å². The van der Waals surface area contributed by atoms with Crippen LogP contribution in [-0.4, -0.2) is 6.54 Å². The van der Waals surface area contributed by atoms with E-state index in [0.717, 1.165) is 19.0 Å². The second-order valence-corrected chi connectivity index (χ2v) is 4.18. The molecule has 0 aromatic heterocycles. The lowest BCUT2D eigenvalue weighted by molar-refractivity contribution is 0.436. The van der Waals surface area contributed by atoms with Crippen molar-refractivity contribution < 1.29 is 0 Å². The van der Waals surface area contributed by atoms with Gasteiger partial charge in [-0.25, -0.2) is 0 Å². The Morgan fingerprint density at radius 1 is 1.31 bits per heavy atom. The van der Waals surface area contributed by atoms with Crippen LogP contribution < -0.4 is 5.32 Å². The Labute approximate surface area is 80.2 Å². The highest BCUT2D eigenvalue weighted by atomic mass is 14.9. The van der Waals surface area contributed by atoms with E-state index < -0.39 is 0 Å². The van der Waals surface area contributed by atoms with Crippen LogP contribution in [0.1, 0.15) is 30.9 Å². The molecular formula is C12H17N. The van der Waals surface area contributed by atoms with Crippen LogP contribution in [0.15, 0.2) is 24.3 Å². The van der Waals surface area contributed by atoms with Crippen molar-refractivity contribution in [3.63, 3.8) is 0 Å². The van der Waals surface area contributed by atoms with E-state index in [2.05, 4.69) is 43.4 Å². The van der Waals surface area contributed by atoms with Crippen molar-refractivity contribution >= 4 is 0 Å². The maximum atomic E-state index is 3.47. The molecule has 1 aromatic rings. The van der Waals surface area contributed by atoms with Crippen molar-refractivity contribution in [1.82, 2.24) is 5.32 Å². The lowest BCUT2D eigenvalue weighted by Gasteiger charge is -2.29. The first-order chi connectivity index (χ1) is 6.29. The number of benzene rings is 1. The maximum absolute atomic E-state index is 3.47. The Kier molecular flexibility index (Phi) is 2.36. The van der Waals surface area contributed by atoms with Crippen molar-refractivity contribution in [2.75, 3.05) is 6.54 Å². The van der Waals surface area contributed by atoms with E-state index in [1.54, 1.807) is 5.56 Å². The zero-order valence-electron chi connectivity index (χ0n) is 8.38. The molecule has 1 aromatic carbocycles. The monoisotopic (exact) mass is 175 g/mol. The van der Waals surface area contributed by atoms with Gasteiger partial charge in [0.1, 0.15) is 0 Å². The molecule has 1 aliphatic rings. The average molecular weight is 175 g/mol. The fraction of sp³-hybridized carbons (Fsp3) is 0.500. The zero-order chi connectivity index (χ0) is 9.26. The smallest absolute Gasteiger partial charge is 0.0208 e. The standard InChI is InChI=1S/C12H17N/c1-9(2)12-8-13-7-10-5-3-4-6-11(10)12/h3-6,9,12-13H,7-8H2,1-2H3/t12-/m1/s1. The Morgan fingerprint density at radius 3 is 2.85 bits per heavy atom. The van der Waals surface area contributed by atoms with E-state index in [0.29, 0.717) is 5.92 Å². The number of rotatable bonds is 1. The van der Waals surface area contributed by atoms with Gasteiger partial charge in [0, 0.05) is 13.1 Å². The Bertz CT molecular complexity index is 291. The van der Waals surface area contributed by atoms with Gasteiger partial charge in [-0.2, -0.15) is 0 Å². The minimum Gasteiger partial charge on any atom is -0.312 e. The molecule has 0 spiro atoms. The van der Waals surface area contributed by atoms with E-state index in [4.69, 9.17) is 0 Å². The van der Waals surface area contributed by atoms with Crippen LogP contribution in [0.3, 0.4) is 0 Å². The third-order valence-corrected chi connectivity index (χ3v) is 2.94. The lowest BCUT2D eigenvalue weighted by Crippen LogP contribution is -2.30. The summed E-state index contributed by atoms with van der Waals surface area (Å²) in [4.78, 5) is 0. The molecule has 0 aliphatic carbocycles. The fourth-order valence-corrected chi connectivity index (χ4v) is 2.12. The predicted octanol–water partition coefficient (Wildman–Crippen LogP) is 2.53. The van der Waals surface area contributed by atoms with Crippen LogP contribution in [0.25, 0.3) is 0 Å². The summed E-state index contributed by atoms with van der Waals surface area (Å²) in [6, 6.07) is 8.79. The number of hydrogen-bond donors (Lipinski definition) is 1. The molecule has 1 atom stereocenters. The Hall–Kier alpha value is -0.820. The molecular weight excluding hydrogens is 158 g/mol. The largest absolute Gasteiger partial charge is 0.312 e. The van der Waals surface area contributed by atoms with Gasteiger partial charge in [-0.1, -0.05) is 38.1 Å². The second-order valence-electron chi connectivity index (χ2n) is 4.18. The molecule has 2 rings (SSSR count). The SMILES string of the molecule is CC(C)[C@H]1CNCc2ccccc21. The zero-order valence-corrected chi connectivity index (χ0v) is 8.38. The number of nitrogens with one attached hydrogen (secondary N) is 1. The van der Waals surface area contributed by atoms with Crippen molar-refractivity contribution in [1.29, 1.82) is 0 Å². The van der Waals surface area contributed by atoms with Crippen molar-refractivity contribution in [3.8, 4) is 0 Å². The fourth-order valence-electron chi connectivity index (χ4n) is 2.12. The van der Waals surface area contributed by atoms with Gasteiger partial charge in [0.05, 0.1) is 0 Å². The molecule has 1 heterocycles. The highest BCUT2D eigenvalue weighted by molar-refractivity contribution is 5.32. The van der Waals surface area contributed by atoms with E-state index in [1.165, 1.54) is 5.56 Å². The molecule has 13 heavy (non-hydrogen) atoms. The van der Waals surface area contributed by atoms with Crippen molar-refractivity contribution in [2.45, 2.75) is 26.3 Å². The summed E-state index contributed by atoms with van der Waals surface area (Å²) >= 11 is 0.